The second-order valence-electron chi connectivity index (χ2n) is 6.26. The Bertz CT molecular complexity index is 555. The molecule has 2 fully saturated rings. The molecule has 0 aromatic heterocycles. The molecule has 0 bridgehead atoms. The zero-order valence-corrected chi connectivity index (χ0v) is 12.6. The monoisotopic (exact) mass is 303 g/mol. The number of hydrogen-bond donors (Lipinski definition) is 1. The Hall–Kier alpha value is -2.04. The van der Waals surface area contributed by atoms with Crippen molar-refractivity contribution in [3.8, 4) is 5.75 Å². The van der Waals surface area contributed by atoms with E-state index in [2.05, 4.69) is 0 Å². The molecule has 1 aromatic rings. The number of rotatable bonds is 5. The van der Waals surface area contributed by atoms with E-state index in [0.717, 1.165) is 12.8 Å². The number of carboxylic acid groups (broad SMARTS) is 1. The zero-order valence-electron chi connectivity index (χ0n) is 12.6. The van der Waals surface area contributed by atoms with Crippen molar-refractivity contribution < 1.29 is 19.4 Å². The molecule has 1 unspecified atom stereocenters. The molecule has 22 heavy (non-hydrogen) atoms. The Morgan fingerprint density at radius 3 is 2.50 bits per heavy atom. The molecule has 3 rings (SSSR count). The van der Waals surface area contributed by atoms with Crippen LogP contribution in [0.1, 0.15) is 19.8 Å². The van der Waals surface area contributed by atoms with E-state index >= 15 is 0 Å². The SMILES string of the molecule is CC(Oc1ccccc1)C(=O)N1C[C@H](C(=O)O)[C@@H](C2CC2)C1. The summed E-state index contributed by atoms with van der Waals surface area (Å²) in [5, 5.41) is 9.36. The molecule has 2 aliphatic rings. The van der Waals surface area contributed by atoms with Crippen molar-refractivity contribution in [1.82, 2.24) is 4.90 Å². The quantitative estimate of drug-likeness (QED) is 0.903. The van der Waals surface area contributed by atoms with Gasteiger partial charge in [0.15, 0.2) is 6.10 Å². The summed E-state index contributed by atoms with van der Waals surface area (Å²) in [6.07, 6.45) is 1.58. The maximum atomic E-state index is 12.5. The minimum absolute atomic E-state index is 0.102. The predicted octanol–water partition coefficient (Wildman–Crippen LogP) is 2.02. The number of carbonyl (C=O) groups is 2. The van der Waals surface area contributed by atoms with E-state index in [1.165, 1.54) is 0 Å². The van der Waals surface area contributed by atoms with Crippen molar-refractivity contribution in [3.05, 3.63) is 30.3 Å². The normalized spacial score (nSPS) is 25.8. The van der Waals surface area contributed by atoms with E-state index in [4.69, 9.17) is 4.74 Å². The highest BCUT2D eigenvalue weighted by molar-refractivity contribution is 5.82. The van der Waals surface area contributed by atoms with E-state index in [-0.39, 0.29) is 11.8 Å². The third kappa shape index (κ3) is 3.08. The molecule has 118 valence electrons. The first-order valence-electron chi connectivity index (χ1n) is 7.79. The summed E-state index contributed by atoms with van der Waals surface area (Å²) in [6.45, 7) is 2.57. The van der Waals surface area contributed by atoms with Crippen molar-refractivity contribution in [2.45, 2.75) is 25.9 Å². The van der Waals surface area contributed by atoms with E-state index in [9.17, 15) is 14.7 Å². The van der Waals surface area contributed by atoms with Gasteiger partial charge in [-0.05, 0) is 43.7 Å². The lowest BCUT2D eigenvalue weighted by Gasteiger charge is -2.21. The van der Waals surface area contributed by atoms with Crippen LogP contribution in [0.25, 0.3) is 0 Å². The van der Waals surface area contributed by atoms with E-state index in [1.807, 2.05) is 18.2 Å². The van der Waals surface area contributed by atoms with Crippen molar-refractivity contribution in [3.63, 3.8) is 0 Å². The second kappa shape index (κ2) is 5.99. The maximum Gasteiger partial charge on any atom is 0.308 e. The zero-order chi connectivity index (χ0) is 15.7. The van der Waals surface area contributed by atoms with Crippen molar-refractivity contribution in [2.24, 2.45) is 17.8 Å². The van der Waals surface area contributed by atoms with Crippen molar-refractivity contribution in [2.75, 3.05) is 13.1 Å². The standard InChI is InChI=1S/C17H21NO4/c1-11(22-13-5-3-2-4-6-13)16(19)18-9-14(12-7-8-12)15(10-18)17(20)21/h2-6,11-12,14-15H,7-10H2,1H3,(H,20,21)/t11?,14-,15+/m1/s1. The summed E-state index contributed by atoms with van der Waals surface area (Å²) in [6, 6.07) is 9.21. The lowest BCUT2D eigenvalue weighted by Crippen LogP contribution is -2.39. The maximum absolute atomic E-state index is 12.5. The number of para-hydroxylation sites is 1. The molecule has 1 aromatic carbocycles. The fourth-order valence-corrected chi connectivity index (χ4v) is 3.28. The van der Waals surface area contributed by atoms with Crippen LogP contribution in [0.3, 0.4) is 0 Å². The van der Waals surface area contributed by atoms with Gasteiger partial charge in [0.05, 0.1) is 5.92 Å². The Morgan fingerprint density at radius 1 is 1.23 bits per heavy atom. The molecule has 1 saturated heterocycles. The van der Waals surface area contributed by atoms with Gasteiger partial charge in [-0.2, -0.15) is 0 Å². The molecule has 1 amide bonds. The lowest BCUT2D eigenvalue weighted by atomic mass is 9.92. The van der Waals surface area contributed by atoms with Gasteiger partial charge in [0.2, 0.25) is 0 Å². The Kier molecular flexibility index (Phi) is 4.05. The molecule has 3 atom stereocenters. The fourth-order valence-electron chi connectivity index (χ4n) is 3.28. The highest BCUT2D eigenvalue weighted by atomic mass is 16.5. The summed E-state index contributed by atoms with van der Waals surface area (Å²) >= 11 is 0. The summed E-state index contributed by atoms with van der Waals surface area (Å²) in [5.74, 6) is -0.117. The van der Waals surface area contributed by atoms with Gasteiger partial charge in [-0.15, -0.1) is 0 Å². The number of ether oxygens (including phenoxy) is 1. The molecular weight excluding hydrogens is 282 g/mol. The number of hydrogen-bond acceptors (Lipinski definition) is 3. The van der Waals surface area contributed by atoms with Crippen LogP contribution in [0.5, 0.6) is 5.75 Å². The average molecular weight is 303 g/mol. The van der Waals surface area contributed by atoms with Gasteiger partial charge in [0.1, 0.15) is 5.75 Å². The smallest absolute Gasteiger partial charge is 0.308 e. The molecule has 1 aliphatic carbocycles. The van der Waals surface area contributed by atoms with Crippen LogP contribution in [-0.2, 0) is 9.59 Å². The third-order valence-corrected chi connectivity index (χ3v) is 4.63. The number of amides is 1. The minimum Gasteiger partial charge on any atom is -0.481 e. The van der Waals surface area contributed by atoms with Gasteiger partial charge >= 0.3 is 5.97 Å². The molecule has 1 N–H and O–H groups in total. The fraction of sp³-hybridized carbons (Fsp3) is 0.529. The largest absolute Gasteiger partial charge is 0.481 e. The number of benzene rings is 1. The van der Waals surface area contributed by atoms with Crippen LogP contribution in [0, 0.1) is 17.8 Å². The van der Waals surface area contributed by atoms with Crippen LogP contribution in [0.2, 0.25) is 0 Å². The topological polar surface area (TPSA) is 66.8 Å². The molecule has 1 heterocycles. The number of carbonyl (C=O) groups excluding carboxylic acids is 1. The number of aliphatic carboxylic acids is 1. The first kappa shape index (κ1) is 14.9. The van der Waals surface area contributed by atoms with Gasteiger partial charge in [0.25, 0.3) is 5.91 Å². The summed E-state index contributed by atoms with van der Waals surface area (Å²) in [4.78, 5) is 25.6. The van der Waals surface area contributed by atoms with E-state index < -0.39 is 18.0 Å². The van der Waals surface area contributed by atoms with Gasteiger partial charge < -0.3 is 14.7 Å². The van der Waals surface area contributed by atoms with Crippen molar-refractivity contribution in [1.29, 1.82) is 0 Å². The van der Waals surface area contributed by atoms with Crippen LogP contribution in [0.4, 0.5) is 0 Å². The van der Waals surface area contributed by atoms with Gasteiger partial charge in [-0.3, -0.25) is 9.59 Å². The second-order valence-corrected chi connectivity index (χ2v) is 6.26. The predicted molar refractivity (Wildman–Crippen MR) is 80.5 cm³/mol. The number of nitrogens with zero attached hydrogens (tertiary/aromatic N) is 1. The highest BCUT2D eigenvalue weighted by Gasteiger charge is 2.47. The molecule has 1 saturated carbocycles. The van der Waals surface area contributed by atoms with Crippen LogP contribution in [0.15, 0.2) is 30.3 Å². The average Bonchev–Trinajstić information content (AvgIpc) is 3.25. The summed E-state index contributed by atoms with van der Waals surface area (Å²) in [7, 11) is 0. The van der Waals surface area contributed by atoms with Crippen LogP contribution in [-0.4, -0.2) is 41.1 Å². The van der Waals surface area contributed by atoms with Gasteiger partial charge in [-0.1, -0.05) is 18.2 Å². The van der Waals surface area contributed by atoms with Crippen LogP contribution >= 0.6 is 0 Å². The Balaban J connectivity index is 1.63. The first-order chi connectivity index (χ1) is 10.6. The molecule has 0 radical (unpaired) electrons. The number of carboxylic acids is 1. The third-order valence-electron chi connectivity index (χ3n) is 4.63. The molecule has 1 aliphatic heterocycles. The molecule has 5 heteroatoms. The number of likely N-dealkylation sites (tertiary alicyclic amines) is 1. The minimum atomic E-state index is -0.788. The Labute approximate surface area is 129 Å². The highest BCUT2D eigenvalue weighted by Crippen LogP contribution is 2.44. The summed E-state index contributed by atoms with van der Waals surface area (Å²) < 4.78 is 5.66. The van der Waals surface area contributed by atoms with E-state index in [1.54, 1.807) is 24.0 Å². The van der Waals surface area contributed by atoms with Crippen LogP contribution < -0.4 is 4.74 Å². The Morgan fingerprint density at radius 2 is 1.91 bits per heavy atom. The van der Waals surface area contributed by atoms with E-state index in [0.29, 0.717) is 24.8 Å². The summed E-state index contributed by atoms with van der Waals surface area (Å²) in [5.41, 5.74) is 0. The van der Waals surface area contributed by atoms with Crippen molar-refractivity contribution >= 4 is 11.9 Å². The molecule has 5 nitrogen and oxygen atoms in total. The first-order valence-corrected chi connectivity index (χ1v) is 7.79. The molecule has 0 spiro atoms. The van der Waals surface area contributed by atoms with Gasteiger partial charge in [-0.25, -0.2) is 0 Å². The van der Waals surface area contributed by atoms with Gasteiger partial charge in [0, 0.05) is 13.1 Å². The lowest BCUT2D eigenvalue weighted by molar-refractivity contribution is -0.143. The molecular formula is C17H21NO4.